The molecule has 100 valence electrons. The van der Waals surface area contributed by atoms with Gasteiger partial charge in [-0.2, -0.15) is 0 Å². The maximum atomic E-state index is 14.2. The predicted molar refractivity (Wildman–Crippen MR) is 74.5 cm³/mol. The molecule has 1 N–H and O–H groups in total. The predicted octanol–water partition coefficient (Wildman–Crippen LogP) is 3.34. The van der Waals surface area contributed by atoms with Gasteiger partial charge in [0.05, 0.1) is 5.69 Å². The molecule has 0 radical (unpaired) electrons. The van der Waals surface area contributed by atoms with Crippen LogP contribution in [0, 0.1) is 11.7 Å². The first kappa shape index (κ1) is 13.3. The van der Waals surface area contributed by atoms with E-state index in [-0.39, 0.29) is 11.9 Å². The maximum absolute atomic E-state index is 14.2. The summed E-state index contributed by atoms with van der Waals surface area (Å²) >= 11 is 0. The summed E-state index contributed by atoms with van der Waals surface area (Å²) in [5.41, 5.74) is 1.76. The normalized spacial score (nSPS) is 19.0. The zero-order valence-corrected chi connectivity index (χ0v) is 11.5. The van der Waals surface area contributed by atoms with Crippen LogP contribution in [0.2, 0.25) is 0 Å². The monoisotopic (exact) mass is 250 g/mol. The summed E-state index contributed by atoms with van der Waals surface area (Å²) in [7, 11) is 1.89. The first-order chi connectivity index (χ1) is 8.61. The molecule has 2 rings (SSSR count). The van der Waals surface area contributed by atoms with Crippen LogP contribution < -0.4 is 10.2 Å². The van der Waals surface area contributed by atoms with Gasteiger partial charge >= 0.3 is 0 Å². The van der Waals surface area contributed by atoms with E-state index in [1.807, 2.05) is 26.1 Å². The average Bonchev–Trinajstić information content (AvgIpc) is 2.39. The van der Waals surface area contributed by atoms with Gasteiger partial charge in [-0.1, -0.05) is 13.0 Å². The molecule has 1 aliphatic heterocycles. The summed E-state index contributed by atoms with van der Waals surface area (Å²) < 4.78 is 14.2. The van der Waals surface area contributed by atoms with Crippen molar-refractivity contribution in [1.29, 1.82) is 0 Å². The van der Waals surface area contributed by atoms with Crippen molar-refractivity contribution in [2.24, 2.45) is 5.92 Å². The zero-order chi connectivity index (χ0) is 13.1. The molecule has 18 heavy (non-hydrogen) atoms. The largest absolute Gasteiger partial charge is 0.369 e. The molecule has 1 aromatic carbocycles. The summed E-state index contributed by atoms with van der Waals surface area (Å²) in [5, 5.41) is 3.13. The van der Waals surface area contributed by atoms with Gasteiger partial charge in [-0.3, -0.25) is 0 Å². The number of nitrogens with one attached hydrogen (secondary N) is 1. The minimum Gasteiger partial charge on any atom is -0.369 e. The second-order valence-electron chi connectivity index (χ2n) is 5.39. The lowest BCUT2D eigenvalue weighted by atomic mass is 9.98. The lowest BCUT2D eigenvalue weighted by Gasteiger charge is -2.32. The minimum atomic E-state index is -0.0934. The van der Waals surface area contributed by atoms with Crippen molar-refractivity contribution in [3.05, 3.63) is 29.6 Å². The molecule has 0 spiro atoms. The minimum absolute atomic E-state index is 0.0934. The molecule has 2 nitrogen and oxygen atoms in total. The van der Waals surface area contributed by atoms with Crippen molar-refractivity contribution >= 4 is 5.69 Å². The summed E-state index contributed by atoms with van der Waals surface area (Å²) in [5.74, 6) is 0.678. The molecule has 1 aromatic rings. The quantitative estimate of drug-likeness (QED) is 0.885. The Kier molecular flexibility index (Phi) is 4.23. The Balaban J connectivity index is 2.14. The van der Waals surface area contributed by atoms with Gasteiger partial charge in [0.15, 0.2) is 0 Å². The van der Waals surface area contributed by atoms with E-state index in [2.05, 4.69) is 17.1 Å². The Hall–Kier alpha value is -1.09. The molecule has 1 heterocycles. The summed E-state index contributed by atoms with van der Waals surface area (Å²) in [6, 6.07) is 5.80. The smallest absolute Gasteiger partial charge is 0.146 e. The molecule has 0 aromatic heterocycles. The van der Waals surface area contributed by atoms with Gasteiger partial charge in [-0.15, -0.1) is 0 Å². The van der Waals surface area contributed by atoms with Crippen molar-refractivity contribution in [3.8, 4) is 0 Å². The second kappa shape index (κ2) is 5.70. The van der Waals surface area contributed by atoms with Crippen molar-refractivity contribution in [2.75, 3.05) is 25.0 Å². The number of halogens is 1. The van der Waals surface area contributed by atoms with Crippen LogP contribution in [0.5, 0.6) is 0 Å². The molecule has 1 fully saturated rings. The van der Waals surface area contributed by atoms with Gasteiger partial charge in [-0.25, -0.2) is 4.39 Å². The van der Waals surface area contributed by atoms with Gasteiger partial charge < -0.3 is 10.2 Å². The highest BCUT2D eigenvalue weighted by Gasteiger charge is 2.19. The van der Waals surface area contributed by atoms with Crippen LogP contribution >= 0.6 is 0 Å². The van der Waals surface area contributed by atoms with Gasteiger partial charge in [0.25, 0.3) is 0 Å². The van der Waals surface area contributed by atoms with Gasteiger partial charge in [-0.05, 0) is 50.4 Å². The molecular formula is C15H23FN2. The highest BCUT2D eigenvalue weighted by Crippen LogP contribution is 2.27. The topological polar surface area (TPSA) is 15.3 Å². The Bertz CT molecular complexity index is 397. The summed E-state index contributed by atoms with van der Waals surface area (Å²) in [6.07, 6.45) is 2.32. The third kappa shape index (κ3) is 2.83. The molecule has 3 heteroatoms. The Labute approximate surface area is 109 Å². The van der Waals surface area contributed by atoms with Crippen LogP contribution in [-0.2, 0) is 0 Å². The molecule has 1 unspecified atom stereocenters. The number of piperidine rings is 1. The lowest BCUT2D eigenvalue weighted by Crippen LogP contribution is -2.33. The molecule has 0 bridgehead atoms. The van der Waals surface area contributed by atoms with Crippen LogP contribution in [0.3, 0.4) is 0 Å². The number of rotatable bonds is 3. The first-order valence-electron chi connectivity index (χ1n) is 6.83. The van der Waals surface area contributed by atoms with E-state index >= 15 is 0 Å². The fourth-order valence-electron chi connectivity index (χ4n) is 2.47. The van der Waals surface area contributed by atoms with Crippen LogP contribution in [-0.4, -0.2) is 20.1 Å². The van der Waals surface area contributed by atoms with Crippen LogP contribution in [0.1, 0.15) is 38.3 Å². The highest BCUT2D eigenvalue weighted by atomic mass is 19.1. The fourth-order valence-corrected chi connectivity index (χ4v) is 2.47. The van der Waals surface area contributed by atoms with Crippen molar-refractivity contribution < 1.29 is 4.39 Å². The Morgan fingerprint density at radius 2 is 2.00 bits per heavy atom. The Morgan fingerprint density at radius 3 is 2.56 bits per heavy atom. The third-order valence-electron chi connectivity index (χ3n) is 4.03. The lowest BCUT2D eigenvalue weighted by molar-refractivity contribution is 0.434. The number of benzene rings is 1. The van der Waals surface area contributed by atoms with E-state index in [0.717, 1.165) is 43.1 Å². The molecule has 0 amide bonds. The molecule has 0 saturated carbocycles. The summed E-state index contributed by atoms with van der Waals surface area (Å²) in [4.78, 5) is 2.17. The van der Waals surface area contributed by atoms with Gasteiger partial charge in [0.1, 0.15) is 5.82 Å². The van der Waals surface area contributed by atoms with E-state index in [1.54, 1.807) is 6.07 Å². The molecule has 1 saturated heterocycles. The molecule has 1 atom stereocenters. The third-order valence-corrected chi connectivity index (χ3v) is 4.03. The Morgan fingerprint density at radius 1 is 1.33 bits per heavy atom. The van der Waals surface area contributed by atoms with Crippen molar-refractivity contribution in [3.63, 3.8) is 0 Å². The van der Waals surface area contributed by atoms with Crippen LogP contribution in [0.25, 0.3) is 0 Å². The van der Waals surface area contributed by atoms with E-state index < -0.39 is 0 Å². The average molecular weight is 250 g/mol. The maximum Gasteiger partial charge on any atom is 0.146 e. The molecular weight excluding hydrogens is 227 g/mol. The SMILES string of the molecule is CNC(C)c1ccc(N2CCC(C)CC2)c(F)c1. The van der Waals surface area contributed by atoms with E-state index in [9.17, 15) is 4.39 Å². The zero-order valence-electron chi connectivity index (χ0n) is 11.5. The number of hydrogen-bond donors (Lipinski definition) is 1. The summed E-state index contributed by atoms with van der Waals surface area (Å²) in [6.45, 7) is 6.25. The van der Waals surface area contributed by atoms with Crippen molar-refractivity contribution in [2.45, 2.75) is 32.7 Å². The number of nitrogens with zero attached hydrogens (tertiary/aromatic N) is 1. The van der Waals surface area contributed by atoms with E-state index in [0.29, 0.717) is 0 Å². The first-order valence-corrected chi connectivity index (χ1v) is 6.83. The van der Waals surface area contributed by atoms with E-state index in [4.69, 9.17) is 0 Å². The molecule has 1 aliphatic rings. The molecule has 0 aliphatic carbocycles. The second-order valence-corrected chi connectivity index (χ2v) is 5.39. The number of hydrogen-bond acceptors (Lipinski definition) is 2. The van der Waals surface area contributed by atoms with Crippen LogP contribution in [0.4, 0.5) is 10.1 Å². The van der Waals surface area contributed by atoms with Crippen LogP contribution in [0.15, 0.2) is 18.2 Å². The number of anilines is 1. The van der Waals surface area contributed by atoms with Crippen molar-refractivity contribution in [1.82, 2.24) is 5.32 Å². The fraction of sp³-hybridized carbons (Fsp3) is 0.600. The highest BCUT2D eigenvalue weighted by molar-refractivity contribution is 5.49. The van der Waals surface area contributed by atoms with Gasteiger partial charge in [0, 0.05) is 19.1 Å². The standard InChI is InChI=1S/C15H23FN2/c1-11-6-8-18(9-7-11)15-5-4-13(10-14(15)16)12(2)17-3/h4-5,10-12,17H,6-9H2,1-3H3. The van der Waals surface area contributed by atoms with Gasteiger partial charge in [0.2, 0.25) is 0 Å². The van der Waals surface area contributed by atoms with E-state index in [1.165, 1.54) is 0 Å².